The fourth-order valence-corrected chi connectivity index (χ4v) is 2.67. The quantitative estimate of drug-likeness (QED) is 0.356. The number of unbranched alkanes of at least 4 members (excludes halogenated alkanes) is 8. The molecule has 0 saturated heterocycles. The molecule has 0 bridgehead atoms. The Morgan fingerprint density at radius 2 is 1.26 bits per heavy atom. The van der Waals surface area contributed by atoms with Gasteiger partial charge in [0.15, 0.2) is 0 Å². The number of rotatable bonds is 15. The molecule has 0 aromatic rings. The van der Waals surface area contributed by atoms with Gasteiger partial charge in [-0.15, -0.1) is 0 Å². The third-order valence-corrected chi connectivity index (χ3v) is 3.98. The number of nitrogens with one attached hydrogen (secondary N) is 1. The molecule has 1 heteroatoms. The van der Waals surface area contributed by atoms with E-state index < -0.39 is 0 Å². The molecule has 19 heavy (non-hydrogen) atoms. The van der Waals surface area contributed by atoms with Crippen LogP contribution >= 0.6 is 0 Å². The first-order chi connectivity index (χ1) is 9.35. The van der Waals surface area contributed by atoms with Crippen molar-refractivity contribution in [1.29, 1.82) is 0 Å². The zero-order valence-corrected chi connectivity index (χ0v) is 13.6. The summed E-state index contributed by atoms with van der Waals surface area (Å²) in [4.78, 5) is 0. The van der Waals surface area contributed by atoms with Gasteiger partial charge < -0.3 is 5.32 Å². The molecule has 0 fully saturated rings. The molecule has 0 saturated carbocycles. The van der Waals surface area contributed by atoms with Crippen LogP contribution in [-0.2, 0) is 0 Å². The van der Waals surface area contributed by atoms with Gasteiger partial charge in [0, 0.05) is 6.54 Å². The van der Waals surface area contributed by atoms with Crippen molar-refractivity contribution in [3.05, 3.63) is 12.8 Å². The lowest BCUT2D eigenvalue weighted by Crippen LogP contribution is -2.18. The van der Waals surface area contributed by atoms with Crippen molar-refractivity contribution in [2.75, 3.05) is 6.54 Å². The van der Waals surface area contributed by atoms with E-state index in [0.29, 0.717) is 0 Å². The summed E-state index contributed by atoms with van der Waals surface area (Å²) < 4.78 is 0. The van der Waals surface area contributed by atoms with Gasteiger partial charge in [-0.1, -0.05) is 84.6 Å². The Kier molecular flexibility index (Phi) is 15.2. The van der Waals surface area contributed by atoms with E-state index in [1.54, 1.807) is 0 Å². The van der Waals surface area contributed by atoms with Gasteiger partial charge in [-0.05, 0) is 25.0 Å². The average Bonchev–Trinajstić information content (AvgIpc) is 2.43. The molecule has 1 N–H and O–H groups in total. The van der Waals surface area contributed by atoms with Crippen molar-refractivity contribution in [2.45, 2.75) is 90.9 Å². The fourth-order valence-electron chi connectivity index (χ4n) is 2.67. The topological polar surface area (TPSA) is 12.0 Å². The maximum Gasteiger partial charge on any atom is 0.0169 e. The molecule has 0 aromatic carbocycles. The second kappa shape index (κ2) is 15.6. The first-order valence-electron chi connectivity index (χ1n) is 8.69. The Bertz CT molecular complexity index is 177. The van der Waals surface area contributed by atoms with E-state index in [-0.39, 0.29) is 0 Å². The van der Waals surface area contributed by atoms with Crippen molar-refractivity contribution in [3.63, 3.8) is 0 Å². The maximum atomic E-state index is 3.76. The maximum absolute atomic E-state index is 3.76. The highest BCUT2D eigenvalue weighted by Crippen LogP contribution is 2.18. The normalized spacial score (nSPS) is 12.3. The van der Waals surface area contributed by atoms with Gasteiger partial charge in [0.1, 0.15) is 0 Å². The lowest BCUT2D eigenvalue weighted by atomic mass is 9.94. The summed E-state index contributed by atoms with van der Waals surface area (Å²) in [5.74, 6) is 0.862. The van der Waals surface area contributed by atoms with Gasteiger partial charge in [-0.25, -0.2) is 0 Å². The summed E-state index contributed by atoms with van der Waals surface area (Å²) in [6.07, 6.45) is 18.7. The van der Waals surface area contributed by atoms with E-state index in [0.717, 1.165) is 12.5 Å². The first-order valence-corrected chi connectivity index (χ1v) is 8.69. The van der Waals surface area contributed by atoms with Crippen LogP contribution in [0.15, 0.2) is 12.8 Å². The second-order valence-corrected chi connectivity index (χ2v) is 5.88. The van der Waals surface area contributed by atoms with Crippen molar-refractivity contribution in [2.24, 2.45) is 5.92 Å². The molecule has 0 aliphatic heterocycles. The van der Waals surface area contributed by atoms with Crippen LogP contribution in [0.2, 0.25) is 0 Å². The van der Waals surface area contributed by atoms with Gasteiger partial charge in [0.05, 0.1) is 0 Å². The highest BCUT2D eigenvalue weighted by molar-refractivity contribution is 4.69. The van der Waals surface area contributed by atoms with Gasteiger partial charge in [0.25, 0.3) is 0 Å². The van der Waals surface area contributed by atoms with Gasteiger partial charge in [-0.3, -0.25) is 0 Å². The Morgan fingerprint density at radius 3 is 1.79 bits per heavy atom. The van der Waals surface area contributed by atoms with Crippen LogP contribution in [0.3, 0.4) is 0 Å². The van der Waals surface area contributed by atoms with Crippen LogP contribution in [0, 0.1) is 5.92 Å². The summed E-state index contributed by atoms with van der Waals surface area (Å²) >= 11 is 0. The summed E-state index contributed by atoms with van der Waals surface area (Å²) in [5.41, 5.74) is 0. The van der Waals surface area contributed by atoms with Crippen molar-refractivity contribution in [1.82, 2.24) is 5.32 Å². The van der Waals surface area contributed by atoms with Crippen molar-refractivity contribution >= 4 is 0 Å². The minimum Gasteiger partial charge on any atom is -0.391 e. The van der Waals surface area contributed by atoms with Gasteiger partial charge in [0.2, 0.25) is 0 Å². The molecule has 0 amide bonds. The molecular formula is C18H37N. The molecule has 0 aliphatic carbocycles. The van der Waals surface area contributed by atoms with Crippen LogP contribution in [-0.4, -0.2) is 6.54 Å². The number of hydrogen-bond donors (Lipinski definition) is 1. The third-order valence-electron chi connectivity index (χ3n) is 3.98. The average molecular weight is 268 g/mol. The Balaban J connectivity index is 3.57. The van der Waals surface area contributed by atoms with Crippen molar-refractivity contribution in [3.8, 4) is 0 Å². The smallest absolute Gasteiger partial charge is 0.0169 e. The van der Waals surface area contributed by atoms with E-state index >= 15 is 0 Å². The Labute approximate surface area is 122 Å². The van der Waals surface area contributed by atoms with Crippen LogP contribution < -0.4 is 5.32 Å². The van der Waals surface area contributed by atoms with Gasteiger partial charge >= 0.3 is 0 Å². The van der Waals surface area contributed by atoms with Crippen LogP contribution in [0.25, 0.3) is 0 Å². The lowest BCUT2D eigenvalue weighted by Gasteiger charge is -2.16. The zero-order valence-electron chi connectivity index (χ0n) is 13.6. The Hall–Kier alpha value is -0.460. The molecular weight excluding hydrogens is 230 g/mol. The molecule has 0 spiro atoms. The van der Waals surface area contributed by atoms with Crippen molar-refractivity contribution < 1.29 is 0 Å². The van der Waals surface area contributed by atoms with Crippen LogP contribution in [0.5, 0.6) is 0 Å². The monoisotopic (exact) mass is 267 g/mol. The molecule has 0 aromatic heterocycles. The van der Waals surface area contributed by atoms with E-state index in [2.05, 4.69) is 25.7 Å². The summed E-state index contributed by atoms with van der Waals surface area (Å²) in [7, 11) is 0. The van der Waals surface area contributed by atoms with Crippen LogP contribution in [0.4, 0.5) is 0 Å². The molecule has 0 rings (SSSR count). The van der Waals surface area contributed by atoms with E-state index in [9.17, 15) is 0 Å². The highest BCUT2D eigenvalue weighted by atomic mass is 14.8. The first kappa shape index (κ1) is 18.5. The van der Waals surface area contributed by atoms with Crippen LogP contribution in [0.1, 0.15) is 90.9 Å². The summed E-state index contributed by atoms with van der Waals surface area (Å²) in [6, 6.07) is 0. The SMILES string of the molecule is C=CNCC(CCCCCC)CCCCCCCC. The second-order valence-electron chi connectivity index (χ2n) is 5.88. The molecule has 1 nitrogen and oxygen atoms in total. The predicted octanol–water partition coefficient (Wildman–Crippen LogP) is 6.06. The molecule has 114 valence electrons. The van der Waals surface area contributed by atoms with Gasteiger partial charge in [-0.2, -0.15) is 0 Å². The molecule has 1 unspecified atom stereocenters. The minimum atomic E-state index is 0.862. The molecule has 0 radical (unpaired) electrons. The molecule has 1 atom stereocenters. The molecule has 0 aliphatic rings. The number of hydrogen-bond acceptors (Lipinski definition) is 1. The zero-order chi connectivity index (χ0) is 14.2. The predicted molar refractivity (Wildman–Crippen MR) is 88.4 cm³/mol. The largest absolute Gasteiger partial charge is 0.391 e. The molecule has 0 heterocycles. The highest BCUT2D eigenvalue weighted by Gasteiger charge is 2.07. The van der Waals surface area contributed by atoms with E-state index in [4.69, 9.17) is 0 Å². The fraction of sp³-hybridized carbons (Fsp3) is 0.889. The summed E-state index contributed by atoms with van der Waals surface area (Å²) in [6.45, 7) is 9.46. The Morgan fingerprint density at radius 1 is 0.789 bits per heavy atom. The van der Waals surface area contributed by atoms with E-state index in [1.165, 1.54) is 77.0 Å². The standard InChI is InChI=1S/C18H37N/c1-4-7-9-11-12-14-16-18(17-19-6-3)15-13-10-8-5-2/h6,18-19H,3-5,7-17H2,1-2H3. The van der Waals surface area contributed by atoms with E-state index in [1.807, 2.05) is 6.20 Å². The minimum absolute atomic E-state index is 0.862. The lowest BCUT2D eigenvalue weighted by molar-refractivity contribution is 0.397. The third kappa shape index (κ3) is 13.8. The summed E-state index contributed by atoms with van der Waals surface area (Å²) in [5, 5.41) is 3.31.